The van der Waals surface area contributed by atoms with Crippen molar-refractivity contribution in [2.24, 2.45) is 11.5 Å². The average Bonchev–Trinajstić information content (AvgIpc) is 3.11. The Morgan fingerprint density at radius 1 is 1.24 bits per heavy atom. The lowest BCUT2D eigenvalue weighted by molar-refractivity contribution is -0.141. The molecular formula is C20H24F3N9O. The SMILES string of the molecule is Cc1cc(Nc2nc(N[C@@H]3CCCC[C@@H]3N)nnc2C(N)=O)cc2cnn(CC(F)(F)F)c12. The maximum Gasteiger partial charge on any atom is 0.408 e. The average molecular weight is 463 g/mol. The number of carbonyl (C=O) groups is 1. The molecule has 1 saturated carbocycles. The second-order valence-electron chi connectivity index (χ2n) is 8.17. The van der Waals surface area contributed by atoms with E-state index in [1.807, 2.05) is 0 Å². The van der Waals surface area contributed by atoms with Crippen LogP contribution in [0.2, 0.25) is 0 Å². The summed E-state index contributed by atoms with van der Waals surface area (Å²) in [5.74, 6) is -0.555. The first kappa shape index (κ1) is 22.7. The zero-order valence-electron chi connectivity index (χ0n) is 17.9. The van der Waals surface area contributed by atoms with Gasteiger partial charge in [0.2, 0.25) is 5.95 Å². The number of alkyl halides is 3. The molecule has 0 radical (unpaired) electrons. The molecule has 1 fully saturated rings. The topological polar surface area (TPSA) is 150 Å². The summed E-state index contributed by atoms with van der Waals surface area (Å²) in [5, 5.41) is 18.4. The van der Waals surface area contributed by atoms with Gasteiger partial charge in [0.25, 0.3) is 5.91 Å². The van der Waals surface area contributed by atoms with Crippen molar-refractivity contribution >= 4 is 34.3 Å². The number of primary amides is 1. The van der Waals surface area contributed by atoms with Crippen LogP contribution in [0.3, 0.4) is 0 Å². The summed E-state index contributed by atoms with van der Waals surface area (Å²) < 4.78 is 39.4. The largest absolute Gasteiger partial charge is 0.408 e. The quantitative estimate of drug-likeness (QED) is 0.436. The fourth-order valence-electron chi connectivity index (χ4n) is 4.09. The van der Waals surface area contributed by atoms with E-state index in [9.17, 15) is 18.0 Å². The van der Waals surface area contributed by atoms with E-state index < -0.39 is 18.6 Å². The Balaban J connectivity index is 1.63. The van der Waals surface area contributed by atoms with Crippen LogP contribution in [-0.2, 0) is 6.54 Å². The van der Waals surface area contributed by atoms with Crippen LogP contribution in [0.5, 0.6) is 0 Å². The number of anilines is 3. The number of fused-ring (bicyclic) bond motifs is 1. The number of rotatable bonds is 6. The molecular weight excluding hydrogens is 439 g/mol. The number of halogens is 3. The molecule has 0 saturated heterocycles. The lowest BCUT2D eigenvalue weighted by Crippen LogP contribution is -2.43. The van der Waals surface area contributed by atoms with E-state index >= 15 is 0 Å². The predicted octanol–water partition coefficient (Wildman–Crippen LogP) is 2.62. The number of amides is 1. The summed E-state index contributed by atoms with van der Waals surface area (Å²) >= 11 is 0. The monoisotopic (exact) mass is 463 g/mol. The lowest BCUT2D eigenvalue weighted by Gasteiger charge is -2.29. The molecule has 1 aliphatic rings. The zero-order chi connectivity index (χ0) is 23.8. The first-order valence-electron chi connectivity index (χ1n) is 10.5. The second-order valence-corrected chi connectivity index (χ2v) is 8.17. The van der Waals surface area contributed by atoms with Crippen molar-refractivity contribution in [1.82, 2.24) is 25.0 Å². The molecule has 4 rings (SSSR count). The number of carbonyl (C=O) groups excluding carboxylic acids is 1. The van der Waals surface area contributed by atoms with Gasteiger partial charge in [-0.2, -0.15) is 23.3 Å². The van der Waals surface area contributed by atoms with E-state index in [2.05, 4.69) is 30.9 Å². The maximum atomic E-state index is 12.8. The fraction of sp³-hybridized carbons (Fsp3) is 0.450. The van der Waals surface area contributed by atoms with Gasteiger partial charge >= 0.3 is 6.18 Å². The third-order valence-corrected chi connectivity index (χ3v) is 5.57. The lowest BCUT2D eigenvalue weighted by atomic mass is 9.91. The molecule has 0 spiro atoms. The van der Waals surface area contributed by atoms with Crippen LogP contribution < -0.4 is 22.1 Å². The summed E-state index contributed by atoms with van der Waals surface area (Å²) in [6.07, 6.45) is 0.802. The minimum atomic E-state index is -4.39. The van der Waals surface area contributed by atoms with E-state index in [0.29, 0.717) is 22.2 Å². The molecule has 0 bridgehead atoms. The Kier molecular flexibility index (Phi) is 6.06. The van der Waals surface area contributed by atoms with Gasteiger partial charge in [0.1, 0.15) is 6.54 Å². The minimum Gasteiger partial charge on any atom is -0.364 e. The molecule has 2 aromatic heterocycles. The van der Waals surface area contributed by atoms with E-state index in [-0.39, 0.29) is 29.5 Å². The van der Waals surface area contributed by atoms with Gasteiger partial charge < -0.3 is 22.1 Å². The van der Waals surface area contributed by atoms with Gasteiger partial charge in [-0.25, -0.2) is 0 Å². The smallest absolute Gasteiger partial charge is 0.364 e. The van der Waals surface area contributed by atoms with E-state index in [4.69, 9.17) is 11.5 Å². The molecule has 10 nitrogen and oxygen atoms in total. The molecule has 33 heavy (non-hydrogen) atoms. The summed E-state index contributed by atoms with van der Waals surface area (Å²) in [6.45, 7) is 0.483. The standard InChI is InChI=1S/C20H24F3N9O/c1-10-6-12(7-11-8-26-32(16(10)11)9-20(21,22)23)27-18-15(17(25)33)30-31-19(29-18)28-14-5-3-2-4-13(14)24/h6-8,13-14H,2-5,9,24H2,1H3,(H2,25,33)(H2,27,28,29,31)/t13-,14+/m0/s1. The fourth-order valence-corrected chi connectivity index (χ4v) is 4.09. The highest BCUT2D eigenvalue weighted by Crippen LogP contribution is 2.28. The molecule has 1 aromatic carbocycles. The van der Waals surface area contributed by atoms with Crippen LogP contribution in [0.25, 0.3) is 10.9 Å². The van der Waals surface area contributed by atoms with Crippen molar-refractivity contribution < 1.29 is 18.0 Å². The maximum absolute atomic E-state index is 12.8. The van der Waals surface area contributed by atoms with Gasteiger partial charge in [-0.1, -0.05) is 12.8 Å². The van der Waals surface area contributed by atoms with Gasteiger partial charge in [-0.3, -0.25) is 9.48 Å². The van der Waals surface area contributed by atoms with Gasteiger partial charge in [0.05, 0.1) is 11.7 Å². The van der Waals surface area contributed by atoms with Crippen molar-refractivity contribution in [2.75, 3.05) is 10.6 Å². The molecule has 3 aromatic rings. The van der Waals surface area contributed by atoms with Gasteiger partial charge in [0, 0.05) is 23.2 Å². The Morgan fingerprint density at radius 3 is 2.70 bits per heavy atom. The predicted molar refractivity (Wildman–Crippen MR) is 116 cm³/mol. The molecule has 0 aliphatic heterocycles. The Bertz CT molecular complexity index is 1180. The van der Waals surface area contributed by atoms with Gasteiger partial charge in [-0.15, -0.1) is 10.2 Å². The second kappa shape index (κ2) is 8.81. The number of nitrogens with two attached hydrogens (primary N) is 2. The van der Waals surface area contributed by atoms with Crippen LogP contribution in [0.15, 0.2) is 18.3 Å². The number of hydrogen-bond acceptors (Lipinski definition) is 8. The normalized spacial score (nSPS) is 18.9. The van der Waals surface area contributed by atoms with Gasteiger partial charge in [0.15, 0.2) is 11.5 Å². The van der Waals surface area contributed by atoms with Crippen molar-refractivity contribution in [1.29, 1.82) is 0 Å². The van der Waals surface area contributed by atoms with Crippen molar-refractivity contribution in [3.05, 3.63) is 29.6 Å². The Morgan fingerprint density at radius 2 is 2.00 bits per heavy atom. The number of aromatic nitrogens is 5. The van der Waals surface area contributed by atoms with Crippen LogP contribution in [-0.4, -0.2) is 49.1 Å². The summed E-state index contributed by atoms with van der Waals surface area (Å²) in [7, 11) is 0. The molecule has 0 unspecified atom stereocenters. The van der Waals surface area contributed by atoms with Crippen molar-refractivity contribution in [3.63, 3.8) is 0 Å². The molecule has 176 valence electrons. The highest BCUT2D eigenvalue weighted by Gasteiger charge is 2.29. The highest BCUT2D eigenvalue weighted by atomic mass is 19.4. The molecule has 2 atom stereocenters. The zero-order valence-corrected chi connectivity index (χ0v) is 17.9. The van der Waals surface area contributed by atoms with Crippen molar-refractivity contribution in [3.8, 4) is 0 Å². The molecule has 2 heterocycles. The minimum absolute atomic E-state index is 0.0223. The number of benzene rings is 1. The summed E-state index contributed by atoms with van der Waals surface area (Å²) in [5.41, 5.74) is 12.8. The molecule has 13 heteroatoms. The van der Waals surface area contributed by atoms with E-state index in [1.165, 1.54) is 6.20 Å². The molecule has 1 aliphatic carbocycles. The first-order valence-corrected chi connectivity index (χ1v) is 10.5. The number of aryl methyl sites for hydroxylation is 1. The van der Waals surface area contributed by atoms with Crippen molar-refractivity contribution in [2.45, 2.75) is 57.4 Å². The van der Waals surface area contributed by atoms with E-state index in [1.54, 1.807) is 19.1 Å². The Labute approximate surface area is 186 Å². The molecule has 6 N–H and O–H groups in total. The van der Waals surface area contributed by atoms with Crippen LogP contribution >= 0.6 is 0 Å². The van der Waals surface area contributed by atoms with Gasteiger partial charge in [-0.05, 0) is 37.5 Å². The van der Waals surface area contributed by atoms with Crippen LogP contribution in [0.1, 0.15) is 41.7 Å². The summed E-state index contributed by atoms with van der Waals surface area (Å²) in [6, 6.07) is 3.17. The van der Waals surface area contributed by atoms with E-state index in [0.717, 1.165) is 30.4 Å². The number of nitrogens with zero attached hydrogens (tertiary/aromatic N) is 5. The van der Waals surface area contributed by atoms with Crippen LogP contribution in [0, 0.1) is 6.92 Å². The third kappa shape index (κ3) is 5.13. The third-order valence-electron chi connectivity index (χ3n) is 5.57. The van der Waals surface area contributed by atoms with Crippen LogP contribution in [0.4, 0.5) is 30.6 Å². The highest BCUT2D eigenvalue weighted by molar-refractivity contribution is 5.96. The Hall–Kier alpha value is -3.48. The first-order chi connectivity index (χ1) is 15.6. The molecule has 1 amide bonds. The number of nitrogens with one attached hydrogen (secondary N) is 2. The number of hydrogen-bond donors (Lipinski definition) is 4. The summed E-state index contributed by atoms with van der Waals surface area (Å²) in [4.78, 5) is 16.2.